The summed E-state index contributed by atoms with van der Waals surface area (Å²) in [5.41, 5.74) is 0.626. The van der Waals surface area contributed by atoms with Crippen LogP contribution in [0.1, 0.15) is 43.5 Å². The molecule has 0 radical (unpaired) electrons. The Morgan fingerprint density at radius 2 is 2.00 bits per heavy atom. The summed E-state index contributed by atoms with van der Waals surface area (Å²) in [5.74, 6) is 0.300. The molecule has 1 aromatic heterocycles. The van der Waals surface area contributed by atoms with Gasteiger partial charge in [0.2, 0.25) is 0 Å². The third kappa shape index (κ3) is 6.11. The molecule has 1 aliphatic heterocycles. The number of aromatic nitrogens is 3. The molecule has 0 spiro atoms. The van der Waals surface area contributed by atoms with Crippen LogP contribution in [-0.4, -0.2) is 52.6 Å². The number of rotatable bonds is 7. The van der Waals surface area contributed by atoms with Gasteiger partial charge in [0.1, 0.15) is 17.5 Å². The van der Waals surface area contributed by atoms with Crippen LogP contribution in [0.4, 0.5) is 13.2 Å². The van der Waals surface area contributed by atoms with Gasteiger partial charge in [0.25, 0.3) is 5.91 Å². The highest BCUT2D eigenvalue weighted by atomic mass is 35.5. The van der Waals surface area contributed by atoms with Crippen molar-refractivity contribution in [3.05, 3.63) is 41.2 Å². The molecule has 2 atom stereocenters. The molecule has 2 heterocycles. The van der Waals surface area contributed by atoms with Crippen molar-refractivity contribution in [2.45, 2.75) is 56.3 Å². The molecule has 1 aromatic carbocycles. The van der Waals surface area contributed by atoms with Gasteiger partial charge >= 0.3 is 6.36 Å². The summed E-state index contributed by atoms with van der Waals surface area (Å²) in [7, 11) is 0. The Morgan fingerprint density at radius 1 is 1.25 bits per heavy atom. The molecule has 0 unspecified atom stereocenters. The fraction of sp³-hybridized carbons (Fsp3) is 0.550. The van der Waals surface area contributed by atoms with Crippen molar-refractivity contribution in [3.63, 3.8) is 0 Å². The first-order valence-corrected chi connectivity index (χ1v) is 10.6. The molecule has 2 aliphatic rings. The van der Waals surface area contributed by atoms with Gasteiger partial charge in [-0.3, -0.25) is 9.53 Å². The lowest BCUT2D eigenvalue weighted by Crippen LogP contribution is -2.43. The summed E-state index contributed by atoms with van der Waals surface area (Å²) < 4.78 is 52.0. The summed E-state index contributed by atoms with van der Waals surface area (Å²) in [6.45, 7) is 0.200. The zero-order valence-corrected chi connectivity index (χ0v) is 17.7. The molecule has 32 heavy (non-hydrogen) atoms. The Labute approximate surface area is 187 Å². The Bertz CT molecular complexity index is 910. The van der Waals surface area contributed by atoms with E-state index in [0.717, 1.165) is 0 Å². The fourth-order valence-electron chi connectivity index (χ4n) is 3.67. The third-order valence-electron chi connectivity index (χ3n) is 5.38. The van der Waals surface area contributed by atoms with E-state index in [1.54, 1.807) is 30.5 Å². The summed E-state index contributed by atoms with van der Waals surface area (Å²) >= 11 is 5.81. The largest absolute Gasteiger partial charge is 0.522 e. The first-order chi connectivity index (χ1) is 15.2. The quantitative estimate of drug-likeness (QED) is 0.660. The van der Waals surface area contributed by atoms with Gasteiger partial charge in [-0.15, -0.1) is 13.2 Å². The fourth-order valence-corrected chi connectivity index (χ4v) is 3.80. The number of carbonyl (C=O) groups is 1. The van der Waals surface area contributed by atoms with Crippen molar-refractivity contribution < 1.29 is 32.2 Å². The van der Waals surface area contributed by atoms with Gasteiger partial charge in [-0.2, -0.15) is 15.0 Å². The Balaban J connectivity index is 1.17. The first kappa shape index (κ1) is 22.8. The van der Waals surface area contributed by atoms with E-state index in [2.05, 4.69) is 20.3 Å². The smallest absolute Gasteiger partial charge is 0.484 e. The number of amides is 1. The van der Waals surface area contributed by atoms with Crippen molar-refractivity contribution in [3.8, 4) is 5.75 Å². The molecule has 174 valence electrons. The van der Waals surface area contributed by atoms with Gasteiger partial charge < -0.3 is 14.8 Å². The van der Waals surface area contributed by atoms with Crippen LogP contribution < -0.4 is 10.1 Å². The summed E-state index contributed by atoms with van der Waals surface area (Å²) in [6, 6.07) is 6.37. The Hall–Kier alpha value is -2.37. The molecule has 4 rings (SSSR count). The normalized spacial score (nSPS) is 25.8. The molecule has 0 bridgehead atoms. The number of halogens is 4. The van der Waals surface area contributed by atoms with Crippen LogP contribution in [0, 0.1) is 0 Å². The highest BCUT2D eigenvalue weighted by molar-refractivity contribution is 6.30. The maximum Gasteiger partial charge on any atom is 0.522 e. The van der Waals surface area contributed by atoms with Crippen LogP contribution in [-0.2, 0) is 14.3 Å². The number of hydrogen-bond acceptors (Lipinski definition) is 6. The van der Waals surface area contributed by atoms with Crippen molar-refractivity contribution in [2.75, 3.05) is 13.2 Å². The average Bonchev–Trinajstić information content (AvgIpc) is 3.19. The minimum atomic E-state index is -4.62. The minimum absolute atomic E-state index is 0.115. The minimum Gasteiger partial charge on any atom is -0.484 e. The summed E-state index contributed by atoms with van der Waals surface area (Å²) in [6.07, 6.45) is -2.43. The number of nitrogens with zero attached hydrogens (tertiary/aromatic N) is 3. The second-order valence-corrected chi connectivity index (χ2v) is 8.24. The molecule has 12 heteroatoms. The number of ether oxygens (including phenoxy) is 3. The maximum absolute atomic E-state index is 12.2. The highest BCUT2D eigenvalue weighted by Gasteiger charge is 2.41. The molecule has 2 fully saturated rings. The number of benzene rings is 1. The van der Waals surface area contributed by atoms with Crippen LogP contribution in [0.2, 0.25) is 5.02 Å². The lowest BCUT2D eigenvalue weighted by atomic mass is 9.90. The lowest BCUT2D eigenvalue weighted by molar-refractivity contribution is -0.353. The van der Waals surface area contributed by atoms with E-state index in [4.69, 9.17) is 21.1 Å². The van der Waals surface area contributed by atoms with Crippen molar-refractivity contribution in [2.24, 2.45) is 0 Å². The van der Waals surface area contributed by atoms with Crippen LogP contribution in [0.5, 0.6) is 5.75 Å². The van der Waals surface area contributed by atoms with Gasteiger partial charge in [0.05, 0.1) is 31.0 Å². The Kier molecular flexibility index (Phi) is 6.87. The van der Waals surface area contributed by atoms with Gasteiger partial charge in [-0.1, -0.05) is 11.6 Å². The summed E-state index contributed by atoms with van der Waals surface area (Å²) in [5, 5.41) is 12.0. The number of carbonyl (C=O) groups excluding carboxylic acids is 1. The van der Waals surface area contributed by atoms with E-state index in [-0.39, 0.29) is 43.5 Å². The molecule has 2 aromatic rings. The zero-order chi connectivity index (χ0) is 22.7. The monoisotopic (exact) mass is 474 g/mol. The molecule has 1 saturated carbocycles. The Morgan fingerprint density at radius 3 is 2.66 bits per heavy atom. The number of alkyl halides is 3. The first-order valence-electron chi connectivity index (χ1n) is 10.2. The predicted octanol–water partition coefficient (Wildman–Crippen LogP) is 3.59. The lowest BCUT2D eigenvalue weighted by Gasteiger charge is -2.34. The molecular formula is C20H22ClF3N4O4. The topological polar surface area (TPSA) is 87.5 Å². The highest BCUT2D eigenvalue weighted by Crippen LogP contribution is 2.37. The molecule has 1 amide bonds. The predicted molar refractivity (Wildman–Crippen MR) is 106 cm³/mol. The second kappa shape index (κ2) is 9.63. The van der Waals surface area contributed by atoms with Crippen molar-refractivity contribution in [1.82, 2.24) is 20.3 Å². The number of hydrogen-bond donors (Lipinski definition) is 1. The van der Waals surface area contributed by atoms with Gasteiger partial charge in [-0.05, 0) is 49.9 Å². The van der Waals surface area contributed by atoms with E-state index in [9.17, 15) is 18.0 Å². The van der Waals surface area contributed by atoms with Crippen molar-refractivity contribution in [1.29, 1.82) is 0 Å². The van der Waals surface area contributed by atoms with Crippen LogP contribution >= 0.6 is 11.6 Å². The van der Waals surface area contributed by atoms with Crippen LogP contribution in [0.15, 0.2) is 30.5 Å². The van der Waals surface area contributed by atoms with E-state index in [1.165, 1.54) is 4.80 Å². The van der Waals surface area contributed by atoms with E-state index < -0.39 is 12.5 Å². The molecule has 1 saturated heterocycles. The number of nitrogens with one attached hydrogen (secondary N) is 1. The molecular weight excluding hydrogens is 453 g/mol. The van der Waals surface area contributed by atoms with Gasteiger partial charge in [0.15, 0.2) is 6.61 Å². The molecule has 1 N–H and O–H groups in total. The summed E-state index contributed by atoms with van der Waals surface area (Å²) in [4.78, 5) is 13.5. The maximum atomic E-state index is 12.2. The van der Waals surface area contributed by atoms with Gasteiger partial charge in [-0.25, -0.2) is 0 Å². The molecule has 1 aliphatic carbocycles. The van der Waals surface area contributed by atoms with E-state index in [0.29, 0.717) is 35.9 Å². The standard InChI is InChI=1S/C20H22ClF3N4O4/c21-12-1-4-15(5-2-12)30-11-19(29)26-13-3-6-18(31-10-13)17-9-25-28(27-17)14-7-16(8-14)32-20(22,23)24/h1-2,4-5,9,13-14,16,18H,3,6-8,10-11H2,(H,26,29)/t13-,14?,16?,18+/m1/s1. The van der Waals surface area contributed by atoms with E-state index in [1.807, 2.05) is 0 Å². The van der Waals surface area contributed by atoms with E-state index >= 15 is 0 Å². The van der Waals surface area contributed by atoms with Gasteiger partial charge in [0, 0.05) is 5.02 Å². The third-order valence-corrected chi connectivity index (χ3v) is 5.63. The van der Waals surface area contributed by atoms with Crippen molar-refractivity contribution >= 4 is 17.5 Å². The average molecular weight is 475 g/mol. The SMILES string of the molecule is O=C(COc1ccc(Cl)cc1)N[C@@H]1CC[C@@H](c2cnn(C3CC(OC(F)(F)F)C3)n2)OC1. The zero-order valence-electron chi connectivity index (χ0n) is 16.9. The van der Waals surface area contributed by atoms with Crippen LogP contribution in [0.25, 0.3) is 0 Å². The second-order valence-electron chi connectivity index (χ2n) is 7.81. The molecule has 8 nitrogen and oxygen atoms in total. The van der Waals surface area contributed by atoms with Crippen LogP contribution in [0.3, 0.4) is 0 Å².